The zero-order chi connectivity index (χ0) is 14.6. The molecule has 0 fully saturated rings. The van der Waals surface area contributed by atoms with E-state index < -0.39 is 5.97 Å². The molecule has 20 heavy (non-hydrogen) atoms. The topological polar surface area (TPSA) is 62.2 Å². The summed E-state index contributed by atoms with van der Waals surface area (Å²) in [6.07, 6.45) is 11.8. The first-order valence-electron chi connectivity index (χ1n) is 7.68. The van der Waals surface area contributed by atoms with Crippen LogP contribution in [0.5, 0.6) is 0 Å². The zero-order valence-corrected chi connectivity index (χ0v) is 12.4. The van der Waals surface area contributed by atoms with E-state index in [1.54, 1.807) is 18.3 Å². The molecule has 0 aromatic carbocycles. The Morgan fingerprint density at radius 3 is 2.45 bits per heavy atom. The van der Waals surface area contributed by atoms with E-state index >= 15 is 0 Å². The molecule has 0 bridgehead atoms. The van der Waals surface area contributed by atoms with Gasteiger partial charge in [-0.3, -0.25) is 0 Å². The monoisotopic (exact) mass is 278 g/mol. The Hall–Kier alpha value is -1.58. The van der Waals surface area contributed by atoms with Crippen LogP contribution in [0.3, 0.4) is 0 Å². The molecule has 0 aliphatic carbocycles. The summed E-state index contributed by atoms with van der Waals surface area (Å²) in [4.78, 5) is 15.1. The van der Waals surface area contributed by atoms with Crippen molar-refractivity contribution in [1.82, 2.24) is 4.98 Å². The number of nitrogens with zero attached hydrogens (tertiary/aromatic N) is 1. The fourth-order valence-electron chi connectivity index (χ4n) is 2.18. The Bertz CT molecular complexity index is 394. The molecule has 1 aromatic heterocycles. The molecule has 0 atom stereocenters. The van der Waals surface area contributed by atoms with E-state index in [4.69, 9.17) is 5.11 Å². The van der Waals surface area contributed by atoms with Gasteiger partial charge in [0.2, 0.25) is 0 Å². The van der Waals surface area contributed by atoms with Crippen molar-refractivity contribution in [2.75, 3.05) is 11.9 Å². The van der Waals surface area contributed by atoms with Crippen LogP contribution < -0.4 is 5.32 Å². The standard InChI is InChI=1S/C16H26N2O2/c1-2-3-4-5-6-7-8-9-12-17-15-14(16(19)20)11-10-13-18-15/h10-11,13H,2-9,12H2,1H3,(H,17,18)(H,19,20). The lowest BCUT2D eigenvalue weighted by Crippen LogP contribution is -2.09. The smallest absolute Gasteiger partial charge is 0.339 e. The Kier molecular flexibility index (Phi) is 8.43. The summed E-state index contributed by atoms with van der Waals surface area (Å²) < 4.78 is 0. The highest BCUT2D eigenvalue weighted by atomic mass is 16.4. The maximum absolute atomic E-state index is 11.0. The van der Waals surface area contributed by atoms with Gasteiger partial charge in [0.25, 0.3) is 0 Å². The number of hydrogen-bond donors (Lipinski definition) is 2. The van der Waals surface area contributed by atoms with Crippen molar-refractivity contribution in [3.63, 3.8) is 0 Å². The van der Waals surface area contributed by atoms with E-state index in [1.807, 2.05) is 0 Å². The van der Waals surface area contributed by atoms with Gasteiger partial charge in [-0.2, -0.15) is 0 Å². The summed E-state index contributed by atoms with van der Waals surface area (Å²) >= 11 is 0. The van der Waals surface area contributed by atoms with Crippen molar-refractivity contribution in [2.24, 2.45) is 0 Å². The molecular weight excluding hydrogens is 252 g/mol. The minimum absolute atomic E-state index is 0.243. The van der Waals surface area contributed by atoms with Crippen LogP contribution in [0.1, 0.15) is 68.6 Å². The number of carboxylic acid groups (broad SMARTS) is 1. The van der Waals surface area contributed by atoms with Gasteiger partial charge in [-0.25, -0.2) is 9.78 Å². The van der Waals surface area contributed by atoms with Crippen LogP contribution in [-0.4, -0.2) is 22.6 Å². The molecule has 0 aliphatic heterocycles. The molecule has 4 nitrogen and oxygen atoms in total. The van der Waals surface area contributed by atoms with Gasteiger partial charge in [0.1, 0.15) is 11.4 Å². The van der Waals surface area contributed by atoms with E-state index in [0.29, 0.717) is 5.82 Å². The molecule has 112 valence electrons. The predicted octanol–water partition coefficient (Wildman–Crippen LogP) is 4.33. The third-order valence-electron chi connectivity index (χ3n) is 3.36. The largest absolute Gasteiger partial charge is 0.478 e. The van der Waals surface area contributed by atoms with Gasteiger partial charge in [-0.15, -0.1) is 0 Å². The molecule has 1 aromatic rings. The fourth-order valence-corrected chi connectivity index (χ4v) is 2.18. The van der Waals surface area contributed by atoms with Gasteiger partial charge in [0.05, 0.1) is 0 Å². The van der Waals surface area contributed by atoms with Gasteiger partial charge in [0.15, 0.2) is 0 Å². The maximum Gasteiger partial charge on any atom is 0.339 e. The number of aromatic carboxylic acids is 1. The summed E-state index contributed by atoms with van der Waals surface area (Å²) in [6, 6.07) is 3.22. The van der Waals surface area contributed by atoms with Crippen molar-refractivity contribution >= 4 is 11.8 Å². The van der Waals surface area contributed by atoms with Crippen molar-refractivity contribution in [3.8, 4) is 0 Å². The molecule has 1 rings (SSSR count). The van der Waals surface area contributed by atoms with Gasteiger partial charge in [-0.1, -0.05) is 51.9 Å². The number of unbranched alkanes of at least 4 members (excludes halogenated alkanes) is 7. The van der Waals surface area contributed by atoms with E-state index in [2.05, 4.69) is 17.2 Å². The number of aromatic nitrogens is 1. The summed E-state index contributed by atoms with van der Waals surface area (Å²) in [5.41, 5.74) is 0.243. The lowest BCUT2D eigenvalue weighted by Gasteiger charge is -2.08. The van der Waals surface area contributed by atoms with Crippen LogP contribution in [0.25, 0.3) is 0 Å². The summed E-state index contributed by atoms with van der Waals surface area (Å²) in [5.74, 6) is -0.459. The summed E-state index contributed by atoms with van der Waals surface area (Å²) in [5, 5.41) is 12.1. The molecule has 0 amide bonds. The zero-order valence-electron chi connectivity index (χ0n) is 12.4. The van der Waals surface area contributed by atoms with Crippen molar-refractivity contribution in [3.05, 3.63) is 23.9 Å². The third kappa shape index (κ3) is 6.55. The molecule has 0 saturated heterocycles. The average Bonchev–Trinajstić information content (AvgIpc) is 2.46. The summed E-state index contributed by atoms with van der Waals surface area (Å²) in [7, 11) is 0. The van der Waals surface area contributed by atoms with E-state index in [0.717, 1.165) is 13.0 Å². The first-order valence-corrected chi connectivity index (χ1v) is 7.68. The first-order chi connectivity index (χ1) is 9.75. The molecule has 0 radical (unpaired) electrons. The van der Waals surface area contributed by atoms with Crippen LogP contribution in [0.4, 0.5) is 5.82 Å². The molecule has 0 aliphatic rings. The second-order valence-electron chi connectivity index (χ2n) is 5.11. The maximum atomic E-state index is 11.0. The van der Waals surface area contributed by atoms with E-state index in [-0.39, 0.29) is 5.56 Å². The molecule has 1 heterocycles. The molecule has 2 N–H and O–H groups in total. The number of anilines is 1. The van der Waals surface area contributed by atoms with Crippen molar-refractivity contribution in [1.29, 1.82) is 0 Å². The van der Waals surface area contributed by atoms with Crippen LogP contribution >= 0.6 is 0 Å². The highest BCUT2D eigenvalue weighted by molar-refractivity contribution is 5.92. The molecule has 4 heteroatoms. The Morgan fingerprint density at radius 1 is 1.15 bits per heavy atom. The SMILES string of the molecule is CCCCCCCCCCNc1ncccc1C(=O)O. The number of hydrogen-bond acceptors (Lipinski definition) is 3. The molecular formula is C16H26N2O2. The first kappa shape index (κ1) is 16.5. The molecule has 0 spiro atoms. The Morgan fingerprint density at radius 2 is 1.80 bits per heavy atom. The van der Waals surface area contributed by atoms with Gasteiger partial charge >= 0.3 is 5.97 Å². The third-order valence-corrected chi connectivity index (χ3v) is 3.36. The number of carboxylic acids is 1. The highest BCUT2D eigenvalue weighted by Gasteiger charge is 2.09. The number of pyridine rings is 1. The van der Waals surface area contributed by atoms with Crippen molar-refractivity contribution in [2.45, 2.75) is 58.3 Å². The van der Waals surface area contributed by atoms with Crippen LogP contribution in [0.2, 0.25) is 0 Å². The number of carbonyl (C=O) groups is 1. The van der Waals surface area contributed by atoms with Gasteiger partial charge in [0, 0.05) is 12.7 Å². The molecule has 0 unspecified atom stereocenters. The Labute approximate surface area is 121 Å². The average molecular weight is 278 g/mol. The van der Waals surface area contributed by atoms with E-state index in [1.165, 1.54) is 44.9 Å². The second kappa shape index (κ2) is 10.2. The van der Waals surface area contributed by atoms with E-state index in [9.17, 15) is 4.79 Å². The Balaban J connectivity index is 2.11. The van der Waals surface area contributed by atoms with Crippen LogP contribution in [-0.2, 0) is 0 Å². The normalized spacial score (nSPS) is 10.4. The minimum Gasteiger partial charge on any atom is -0.478 e. The highest BCUT2D eigenvalue weighted by Crippen LogP contribution is 2.12. The van der Waals surface area contributed by atoms with Crippen LogP contribution in [0, 0.1) is 0 Å². The van der Waals surface area contributed by atoms with Gasteiger partial charge in [-0.05, 0) is 18.6 Å². The fraction of sp³-hybridized carbons (Fsp3) is 0.625. The predicted molar refractivity (Wildman–Crippen MR) is 82.3 cm³/mol. The van der Waals surface area contributed by atoms with Gasteiger partial charge < -0.3 is 10.4 Å². The molecule has 0 saturated carbocycles. The number of rotatable bonds is 11. The second-order valence-corrected chi connectivity index (χ2v) is 5.11. The van der Waals surface area contributed by atoms with Crippen molar-refractivity contribution < 1.29 is 9.90 Å². The summed E-state index contributed by atoms with van der Waals surface area (Å²) in [6.45, 7) is 3.01. The number of nitrogens with one attached hydrogen (secondary N) is 1. The minimum atomic E-state index is -0.934. The lowest BCUT2D eigenvalue weighted by molar-refractivity contribution is 0.0697. The van der Waals surface area contributed by atoms with Crippen LogP contribution in [0.15, 0.2) is 18.3 Å². The quantitative estimate of drug-likeness (QED) is 0.591. The lowest BCUT2D eigenvalue weighted by atomic mass is 10.1.